The molecule has 0 aromatic heterocycles. The molecule has 0 spiro atoms. The molecule has 1 N–H and O–H groups in total. The number of hydrogen-bond donors (Lipinski definition) is 1. The Bertz CT molecular complexity index is 1030. The number of benzene rings is 2. The number of carbonyl (C=O) groups is 2. The molecule has 0 bridgehead atoms. The van der Waals surface area contributed by atoms with Crippen LogP contribution in [0.1, 0.15) is 53.3 Å². The van der Waals surface area contributed by atoms with Crippen LogP contribution in [0.2, 0.25) is 0 Å². The predicted octanol–water partition coefficient (Wildman–Crippen LogP) is 3.74. The van der Waals surface area contributed by atoms with Crippen LogP contribution < -0.4 is 9.62 Å². The number of nitrogens with zero attached hydrogens (tertiary/aromatic N) is 2. The average Bonchev–Trinajstić information content (AvgIpc) is 3.08. The van der Waals surface area contributed by atoms with Gasteiger partial charge in [0.25, 0.3) is 11.8 Å². The third kappa shape index (κ3) is 5.44. The average molecular weight is 444 g/mol. The number of anilines is 2. The molecule has 1 fully saturated rings. The molecule has 0 aliphatic carbocycles. The van der Waals surface area contributed by atoms with Crippen molar-refractivity contribution in [2.45, 2.75) is 32.6 Å². The summed E-state index contributed by atoms with van der Waals surface area (Å²) in [7, 11) is -1.89. The first-order valence-electron chi connectivity index (χ1n) is 10.6. The van der Waals surface area contributed by atoms with Crippen molar-refractivity contribution in [1.29, 1.82) is 0 Å². The van der Waals surface area contributed by atoms with Crippen molar-refractivity contribution >= 4 is 33.2 Å². The first-order valence-corrected chi connectivity index (χ1v) is 12.2. The molecular formula is C23H29N3O4S. The number of rotatable bonds is 6. The number of nitrogens with one attached hydrogen (secondary N) is 1. The highest BCUT2D eigenvalue weighted by Crippen LogP contribution is 2.22. The maximum atomic E-state index is 13.0. The van der Waals surface area contributed by atoms with Gasteiger partial charge in [-0.25, -0.2) is 8.42 Å². The number of hydrogen-bond acceptors (Lipinski definition) is 4. The third-order valence-electron chi connectivity index (χ3n) is 5.57. The topological polar surface area (TPSA) is 86.8 Å². The zero-order valence-corrected chi connectivity index (χ0v) is 18.8. The largest absolute Gasteiger partial charge is 0.339 e. The summed E-state index contributed by atoms with van der Waals surface area (Å²) in [6.45, 7) is 3.05. The van der Waals surface area contributed by atoms with E-state index >= 15 is 0 Å². The minimum Gasteiger partial charge on any atom is -0.339 e. The Morgan fingerprint density at radius 3 is 2.19 bits per heavy atom. The number of sulfonamides is 1. The van der Waals surface area contributed by atoms with Gasteiger partial charge in [-0.15, -0.1) is 0 Å². The minimum atomic E-state index is -3.37. The molecule has 1 aliphatic heterocycles. The van der Waals surface area contributed by atoms with Crippen molar-refractivity contribution in [3.63, 3.8) is 0 Å². The quantitative estimate of drug-likeness (QED) is 0.737. The van der Waals surface area contributed by atoms with Crippen LogP contribution in [0.15, 0.2) is 48.5 Å². The molecule has 1 saturated heterocycles. The SMILES string of the molecule is CCS(=O)(=O)N(C)c1ccc(C(=O)Nc2ccccc2C(=O)N2CCCCCC2)cc1. The number of amides is 2. The highest BCUT2D eigenvalue weighted by molar-refractivity contribution is 7.92. The zero-order chi connectivity index (χ0) is 22.4. The summed E-state index contributed by atoms with van der Waals surface area (Å²) < 4.78 is 25.2. The van der Waals surface area contributed by atoms with E-state index in [-0.39, 0.29) is 17.6 Å². The molecule has 2 aromatic rings. The highest BCUT2D eigenvalue weighted by atomic mass is 32.2. The van der Waals surface area contributed by atoms with Gasteiger partial charge in [-0.3, -0.25) is 13.9 Å². The second kappa shape index (κ2) is 9.96. The summed E-state index contributed by atoms with van der Waals surface area (Å²) in [4.78, 5) is 27.7. The van der Waals surface area contributed by atoms with Crippen molar-refractivity contribution in [3.8, 4) is 0 Å². The van der Waals surface area contributed by atoms with Gasteiger partial charge in [0, 0.05) is 25.7 Å². The number of carbonyl (C=O) groups excluding carboxylic acids is 2. The van der Waals surface area contributed by atoms with E-state index in [0.717, 1.165) is 38.8 Å². The summed E-state index contributed by atoms with van der Waals surface area (Å²) in [5, 5.41) is 2.83. The van der Waals surface area contributed by atoms with Crippen LogP contribution in [0.25, 0.3) is 0 Å². The molecule has 0 unspecified atom stereocenters. The van der Waals surface area contributed by atoms with Gasteiger partial charge < -0.3 is 10.2 Å². The molecule has 1 aliphatic rings. The molecule has 7 nitrogen and oxygen atoms in total. The van der Waals surface area contributed by atoms with Gasteiger partial charge in [-0.2, -0.15) is 0 Å². The van der Waals surface area contributed by atoms with E-state index in [9.17, 15) is 18.0 Å². The fraction of sp³-hybridized carbons (Fsp3) is 0.391. The maximum Gasteiger partial charge on any atom is 0.255 e. The third-order valence-corrected chi connectivity index (χ3v) is 7.35. The molecule has 3 rings (SSSR count). The predicted molar refractivity (Wildman–Crippen MR) is 123 cm³/mol. The van der Waals surface area contributed by atoms with Crippen LogP contribution in [-0.4, -0.2) is 51.0 Å². The monoisotopic (exact) mass is 443 g/mol. The van der Waals surface area contributed by atoms with E-state index in [2.05, 4.69) is 5.32 Å². The van der Waals surface area contributed by atoms with E-state index in [0.29, 0.717) is 22.5 Å². The van der Waals surface area contributed by atoms with Gasteiger partial charge >= 0.3 is 0 Å². The van der Waals surface area contributed by atoms with E-state index in [4.69, 9.17) is 0 Å². The molecule has 1 heterocycles. The minimum absolute atomic E-state index is 0.00638. The lowest BCUT2D eigenvalue weighted by Gasteiger charge is -2.22. The normalized spacial score (nSPS) is 14.6. The molecule has 8 heteroatoms. The second-order valence-corrected chi connectivity index (χ2v) is 9.91. The second-order valence-electron chi connectivity index (χ2n) is 7.62. The van der Waals surface area contributed by atoms with Crippen molar-refractivity contribution < 1.29 is 18.0 Å². The van der Waals surface area contributed by atoms with Gasteiger partial charge in [0.2, 0.25) is 10.0 Å². The van der Waals surface area contributed by atoms with Gasteiger partial charge in [0.1, 0.15) is 0 Å². The number of para-hydroxylation sites is 1. The maximum absolute atomic E-state index is 13.0. The Kier molecular flexibility index (Phi) is 7.33. The van der Waals surface area contributed by atoms with E-state index in [1.165, 1.54) is 11.4 Å². The van der Waals surface area contributed by atoms with Crippen molar-refractivity contribution in [3.05, 3.63) is 59.7 Å². The highest BCUT2D eigenvalue weighted by Gasteiger charge is 2.21. The molecule has 0 atom stereocenters. The Morgan fingerprint density at radius 1 is 0.968 bits per heavy atom. The van der Waals surface area contributed by atoms with Crippen molar-refractivity contribution in [1.82, 2.24) is 4.90 Å². The van der Waals surface area contributed by atoms with Gasteiger partial charge in [0.05, 0.1) is 22.7 Å². The summed E-state index contributed by atoms with van der Waals surface area (Å²) in [6, 6.07) is 13.4. The Hall–Kier alpha value is -2.87. The molecule has 31 heavy (non-hydrogen) atoms. The Morgan fingerprint density at radius 2 is 1.58 bits per heavy atom. The van der Waals surface area contributed by atoms with Crippen LogP contribution in [0, 0.1) is 0 Å². The fourth-order valence-electron chi connectivity index (χ4n) is 3.59. The summed E-state index contributed by atoms with van der Waals surface area (Å²) in [5.74, 6) is -0.434. The smallest absolute Gasteiger partial charge is 0.255 e. The first-order chi connectivity index (χ1) is 14.8. The Balaban J connectivity index is 1.76. The van der Waals surface area contributed by atoms with Crippen LogP contribution >= 0.6 is 0 Å². The molecule has 2 amide bonds. The zero-order valence-electron chi connectivity index (χ0n) is 18.0. The van der Waals surface area contributed by atoms with E-state index in [1.54, 1.807) is 55.5 Å². The summed E-state index contributed by atoms with van der Waals surface area (Å²) >= 11 is 0. The van der Waals surface area contributed by atoms with Gasteiger partial charge in [0.15, 0.2) is 0 Å². The lowest BCUT2D eigenvalue weighted by Crippen LogP contribution is -2.32. The van der Waals surface area contributed by atoms with Crippen LogP contribution in [0.3, 0.4) is 0 Å². The van der Waals surface area contributed by atoms with Gasteiger partial charge in [-0.05, 0) is 56.2 Å². The van der Waals surface area contributed by atoms with E-state index in [1.807, 2.05) is 4.90 Å². The molecular weight excluding hydrogens is 414 g/mol. The fourth-order valence-corrected chi connectivity index (χ4v) is 4.42. The number of likely N-dealkylation sites (tertiary alicyclic amines) is 1. The molecule has 166 valence electrons. The first kappa shape index (κ1) is 22.8. The Labute approximate surface area is 184 Å². The molecule has 0 saturated carbocycles. The van der Waals surface area contributed by atoms with Crippen molar-refractivity contribution in [2.75, 3.05) is 35.5 Å². The molecule has 0 radical (unpaired) electrons. The molecule has 2 aromatic carbocycles. The van der Waals surface area contributed by atoms with Crippen molar-refractivity contribution in [2.24, 2.45) is 0 Å². The van der Waals surface area contributed by atoms with E-state index < -0.39 is 10.0 Å². The lowest BCUT2D eigenvalue weighted by molar-refractivity contribution is 0.0762. The lowest BCUT2D eigenvalue weighted by atomic mass is 10.1. The van der Waals surface area contributed by atoms with Crippen LogP contribution in [0.5, 0.6) is 0 Å². The van der Waals surface area contributed by atoms with Crippen LogP contribution in [-0.2, 0) is 10.0 Å². The summed E-state index contributed by atoms with van der Waals surface area (Å²) in [6.07, 6.45) is 4.25. The standard InChI is InChI=1S/C23H29N3O4S/c1-3-31(29,30)25(2)19-14-12-18(13-15-19)22(27)24-21-11-7-6-10-20(21)23(28)26-16-8-4-5-9-17-26/h6-7,10-15H,3-5,8-9,16-17H2,1-2H3,(H,24,27). The summed E-state index contributed by atoms with van der Waals surface area (Å²) in [5.41, 5.74) is 1.80. The van der Waals surface area contributed by atoms with Crippen LogP contribution in [0.4, 0.5) is 11.4 Å². The van der Waals surface area contributed by atoms with Gasteiger partial charge in [-0.1, -0.05) is 25.0 Å².